The van der Waals surface area contributed by atoms with Crippen LogP contribution in [0.15, 0.2) is 54.7 Å². The van der Waals surface area contributed by atoms with Gasteiger partial charge in [-0.15, -0.1) is 0 Å². The number of para-hydroxylation sites is 1. The maximum absolute atomic E-state index is 12.8. The predicted molar refractivity (Wildman–Crippen MR) is 107 cm³/mol. The molecule has 27 heavy (non-hydrogen) atoms. The average molecular weight is 359 g/mol. The Hall–Kier alpha value is -3.21. The number of anilines is 2. The van der Waals surface area contributed by atoms with E-state index in [9.17, 15) is 9.59 Å². The molecular weight excluding hydrogens is 338 g/mol. The highest BCUT2D eigenvalue weighted by molar-refractivity contribution is 6.06. The number of aryl methyl sites for hydroxylation is 2. The van der Waals surface area contributed by atoms with Gasteiger partial charge in [-0.3, -0.25) is 14.6 Å². The van der Waals surface area contributed by atoms with E-state index in [1.807, 2.05) is 56.3 Å². The highest BCUT2D eigenvalue weighted by Gasteiger charge is 2.35. The van der Waals surface area contributed by atoms with Gasteiger partial charge in [-0.1, -0.05) is 35.9 Å². The summed E-state index contributed by atoms with van der Waals surface area (Å²) in [5.41, 5.74) is 4.51. The maximum atomic E-state index is 12.8. The molecule has 0 saturated carbocycles. The third kappa shape index (κ3) is 3.28. The van der Waals surface area contributed by atoms with Crippen molar-refractivity contribution in [2.24, 2.45) is 5.92 Å². The zero-order valence-corrected chi connectivity index (χ0v) is 15.4. The number of benzene rings is 2. The van der Waals surface area contributed by atoms with E-state index in [4.69, 9.17) is 0 Å². The van der Waals surface area contributed by atoms with Gasteiger partial charge in [0.25, 0.3) is 0 Å². The predicted octanol–water partition coefficient (Wildman–Crippen LogP) is 3.84. The van der Waals surface area contributed by atoms with Crippen LogP contribution in [0.3, 0.4) is 0 Å². The van der Waals surface area contributed by atoms with Gasteiger partial charge in [0.1, 0.15) is 0 Å². The van der Waals surface area contributed by atoms with Crippen LogP contribution in [0, 0.1) is 19.8 Å². The second-order valence-electron chi connectivity index (χ2n) is 7.07. The van der Waals surface area contributed by atoms with Gasteiger partial charge in [-0.05, 0) is 37.6 Å². The Morgan fingerprint density at radius 2 is 1.96 bits per heavy atom. The van der Waals surface area contributed by atoms with Crippen LogP contribution in [0.1, 0.15) is 17.5 Å². The third-order valence-electron chi connectivity index (χ3n) is 5.03. The Morgan fingerprint density at radius 1 is 1.15 bits per heavy atom. The number of rotatable bonds is 3. The standard InChI is InChI=1S/C22H21N3O2/c1-14-8-9-19(15(2)11-14)25-13-17(12-20(25)26)22(27)24-18-7-3-5-16-6-4-10-23-21(16)18/h3-11,17H,12-13H2,1-2H3,(H,24,27). The molecule has 1 aromatic heterocycles. The molecule has 0 aliphatic carbocycles. The lowest BCUT2D eigenvalue weighted by atomic mass is 10.1. The van der Waals surface area contributed by atoms with E-state index in [0.717, 1.165) is 27.7 Å². The van der Waals surface area contributed by atoms with Crippen LogP contribution in [0.4, 0.5) is 11.4 Å². The number of hydrogen-bond donors (Lipinski definition) is 1. The summed E-state index contributed by atoms with van der Waals surface area (Å²) in [7, 11) is 0. The normalized spacial score (nSPS) is 16.7. The minimum absolute atomic E-state index is 0.0156. The molecule has 0 bridgehead atoms. The minimum Gasteiger partial charge on any atom is -0.324 e. The van der Waals surface area contributed by atoms with E-state index in [-0.39, 0.29) is 24.2 Å². The Balaban J connectivity index is 1.54. The van der Waals surface area contributed by atoms with Crippen LogP contribution < -0.4 is 10.2 Å². The van der Waals surface area contributed by atoms with Crippen molar-refractivity contribution in [1.82, 2.24) is 4.98 Å². The smallest absolute Gasteiger partial charge is 0.229 e. The van der Waals surface area contributed by atoms with E-state index in [2.05, 4.69) is 16.4 Å². The summed E-state index contributed by atoms with van der Waals surface area (Å²) in [6, 6.07) is 15.5. The fourth-order valence-electron chi connectivity index (χ4n) is 3.66. The zero-order valence-electron chi connectivity index (χ0n) is 15.4. The van der Waals surface area contributed by atoms with Crippen molar-refractivity contribution in [1.29, 1.82) is 0 Å². The van der Waals surface area contributed by atoms with Crippen LogP contribution >= 0.6 is 0 Å². The number of carbonyl (C=O) groups is 2. The van der Waals surface area contributed by atoms with E-state index in [0.29, 0.717) is 12.2 Å². The SMILES string of the molecule is Cc1ccc(N2CC(C(=O)Nc3cccc4cccnc34)CC2=O)c(C)c1. The van der Waals surface area contributed by atoms with Gasteiger partial charge < -0.3 is 10.2 Å². The number of nitrogens with one attached hydrogen (secondary N) is 1. The first-order chi connectivity index (χ1) is 13.0. The Kier molecular flexibility index (Phi) is 4.36. The van der Waals surface area contributed by atoms with Gasteiger partial charge in [-0.25, -0.2) is 0 Å². The van der Waals surface area contributed by atoms with Gasteiger partial charge >= 0.3 is 0 Å². The van der Waals surface area contributed by atoms with Gasteiger partial charge in [0.05, 0.1) is 17.1 Å². The minimum atomic E-state index is -0.378. The van der Waals surface area contributed by atoms with Crippen LogP contribution in [-0.2, 0) is 9.59 Å². The van der Waals surface area contributed by atoms with Crippen LogP contribution in [0.5, 0.6) is 0 Å². The van der Waals surface area contributed by atoms with E-state index in [1.54, 1.807) is 11.1 Å². The maximum Gasteiger partial charge on any atom is 0.229 e. The van der Waals surface area contributed by atoms with Gasteiger partial charge in [0.2, 0.25) is 11.8 Å². The summed E-state index contributed by atoms with van der Waals surface area (Å²) < 4.78 is 0. The van der Waals surface area contributed by atoms with E-state index in [1.165, 1.54) is 0 Å². The molecule has 0 spiro atoms. The summed E-state index contributed by atoms with van der Waals surface area (Å²) in [6.07, 6.45) is 1.93. The number of aromatic nitrogens is 1. The topological polar surface area (TPSA) is 62.3 Å². The molecule has 2 amide bonds. The fourth-order valence-corrected chi connectivity index (χ4v) is 3.66. The van der Waals surface area contributed by atoms with Crippen molar-refractivity contribution < 1.29 is 9.59 Å². The molecule has 1 N–H and O–H groups in total. The van der Waals surface area contributed by atoms with Crippen LogP contribution in [-0.4, -0.2) is 23.3 Å². The largest absolute Gasteiger partial charge is 0.324 e. The van der Waals surface area contributed by atoms with Crippen LogP contribution in [0.25, 0.3) is 10.9 Å². The number of carbonyl (C=O) groups excluding carboxylic acids is 2. The van der Waals surface area contributed by atoms with Crippen molar-refractivity contribution in [3.63, 3.8) is 0 Å². The second-order valence-corrected chi connectivity index (χ2v) is 7.07. The summed E-state index contributed by atoms with van der Waals surface area (Å²) in [4.78, 5) is 31.4. The van der Waals surface area contributed by atoms with Crippen LogP contribution in [0.2, 0.25) is 0 Å². The first kappa shape index (κ1) is 17.2. The molecule has 1 fully saturated rings. The summed E-state index contributed by atoms with van der Waals surface area (Å²) in [6.45, 7) is 4.41. The summed E-state index contributed by atoms with van der Waals surface area (Å²) in [5, 5.41) is 3.93. The molecular formula is C22H21N3O2. The Morgan fingerprint density at radius 3 is 2.78 bits per heavy atom. The van der Waals surface area contributed by atoms with Gasteiger partial charge in [0, 0.05) is 30.2 Å². The monoisotopic (exact) mass is 359 g/mol. The number of pyridine rings is 1. The van der Waals surface area contributed by atoms with Crippen molar-refractivity contribution in [2.45, 2.75) is 20.3 Å². The number of nitrogens with zero attached hydrogens (tertiary/aromatic N) is 2. The molecule has 0 radical (unpaired) electrons. The van der Waals surface area contributed by atoms with Crippen molar-refractivity contribution >= 4 is 34.1 Å². The zero-order chi connectivity index (χ0) is 19.0. The van der Waals surface area contributed by atoms with Gasteiger partial charge in [-0.2, -0.15) is 0 Å². The lowest BCUT2D eigenvalue weighted by molar-refractivity contribution is -0.122. The molecule has 5 heteroatoms. The molecule has 1 atom stereocenters. The molecule has 5 nitrogen and oxygen atoms in total. The lowest BCUT2D eigenvalue weighted by Gasteiger charge is -2.19. The Labute approximate surface area is 158 Å². The summed E-state index contributed by atoms with van der Waals surface area (Å²) >= 11 is 0. The third-order valence-corrected chi connectivity index (χ3v) is 5.03. The van der Waals surface area contributed by atoms with Crippen molar-refractivity contribution in [3.05, 3.63) is 65.9 Å². The van der Waals surface area contributed by atoms with E-state index < -0.39 is 0 Å². The number of amides is 2. The molecule has 2 aromatic carbocycles. The van der Waals surface area contributed by atoms with E-state index >= 15 is 0 Å². The lowest BCUT2D eigenvalue weighted by Crippen LogP contribution is -2.28. The highest BCUT2D eigenvalue weighted by atomic mass is 16.2. The Bertz CT molecular complexity index is 1040. The second kappa shape index (κ2) is 6.83. The average Bonchev–Trinajstić information content (AvgIpc) is 3.04. The van der Waals surface area contributed by atoms with Crippen molar-refractivity contribution in [2.75, 3.05) is 16.8 Å². The first-order valence-corrected chi connectivity index (χ1v) is 9.05. The first-order valence-electron chi connectivity index (χ1n) is 9.05. The molecule has 1 saturated heterocycles. The number of hydrogen-bond acceptors (Lipinski definition) is 3. The molecule has 4 rings (SSSR count). The highest BCUT2D eigenvalue weighted by Crippen LogP contribution is 2.30. The molecule has 3 aromatic rings. The molecule has 1 aliphatic rings. The summed E-state index contributed by atoms with van der Waals surface area (Å²) in [5.74, 6) is -0.538. The molecule has 136 valence electrons. The quantitative estimate of drug-likeness (QED) is 0.773. The van der Waals surface area contributed by atoms with Gasteiger partial charge in [0.15, 0.2) is 0 Å². The molecule has 1 aliphatic heterocycles. The fraction of sp³-hybridized carbons (Fsp3) is 0.227. The molecule has 2 heterocycles. The number of fused-ring (bicyclic) bond motifs is 1. The van der Waals surface area contributed by atoms with Crippen molar-refractivity contribution in [3.8, 4) is 0 Å². The molecule has 1 unspecified atom stereocenters.